The Kier molecular flexibility index (Phi) is 5.66. The van der Waals surface area contributed by atoms with Crippen LogP contribution >= 0.6 is 0 Å². The van der Waals surface area contributed by atoms with Gasteiger partial charge >= 0.3 is 6.03 Å². The summed E-state index contributed by atoms with van der Waals surface area (Å²) in [7, 11) is 1.58. The molecule has 4 amide bonds. The van der Waals surface area contributed by atoms with Crippen molar-refractivity contribution in [3.8, 4) is 0 Å². The number of aromatic nitrogens is 1. The molecule has 0 spiro atoms. The lowest BCUT2D eigenvalue weighted by Gasteiger charge is -2.31. The Morgan fingerprint density at radius 2 is 2.00 bits per heavy atom. The molecule has 0 fully saturated rings. The van der Waals surface area contributed by atoms with Crippen LogP contribution in [0.2, 0.25) is 0 Å². The number of carbonyl (C=O) groups is 3. The van der Waals surface area contributed by atoms with Crippen molar-refractivity contribution in [2.75, 3.05) is 26.7 Å². The van der Waals surface area contributed by atoms with Crippen LogP contribution < -0.4 is 10.6 Å². The second kappa shape index (κ2) is 8.55. The van der Waals surface area contributed by atoms with Gasteiger partial charge in [-0.2, -0.15) is 0 Å². The highest BCUT2D eigenvalue weighted by atomic mass is 19.1. The van der Waals surface area contributed by atoms with Crippen LogP contribution in [0.4, 0.5) is 9.18 Å². The zero-order valence-electron chi connectivity index (χ0n) is 17.0. The third kappa shape index (κ3) is 4.25. The predicted octanol–water partition coefficient (Wildman–Crippen LogP) is 1.37. The number of nitrogens with zero attached hydrogens (tertiary/aromatic N) is 3. The van der Waals surface area contributed by atoms with E-state index in [0.29, 0.717) is 29.8 Å². The van der Waals surface area contributed by atoms with Crippen molar-refractivity contribution in [3.05, 3.63) is 77.0 Å². The van der Waals surface area contributed by atoms with Crippen molar-refractivity contribution in [2.24, 2.45) is 0 Å². The molecule has 4 rings (SSSR count). The number of nitrogens with one attached hydrogen (secondary N) is 2. The maximum absolute atomic E-state index is 13.3. The summed E-state index contributed by atoms with van der Waals surface area (Å²) in [6.07, 6.45) is 2.28. The number of rotatable bonds is 6. The Morgan fingerprint density at radius 3 is 2.71 bits per heavy atom. The first-order valence-electron chi connectivity index (χ1n) is 9.92. The van der Waals surface area contributed by atoms with Crippen LogP contribution in [0.3, 0.4) is 0 Å². The average Bonchev–Trinajstić information content (AvgIpc) is 3.08. The fraction of sp³-hybridized carbons (Fsp3) is 0.273. The van der Waals surface area contributed by atoms with Gasteiger partial charge in [-0.05, 0) is 29.8 Å². The Balaban J connectivity index is 1.43. The number of urea groups is 1. The molecule has 2 N–H and O–H groups in total. The van der Waals surface area contributed by atoms with E-state index in [1.165, 1.54) is 34.1 Å². The minimum atomic E-state index is -0.691. The summed E-state index contributed by atoms with van der Waals surface area (Å²) in [6, 6.07) is 10.2. The molecule has 1 aromatic carbocycles. The van der Waals surface area contributed by atoms with E-state index in [1.54, 1.807) is 13.2 Å². The van der Waals surface area contributed by atoms with E-state index in [1.807, 2.05) is 18.2 Å². The maximum atomic E-state index is 13.3. The second-order valence-electron chi connectivity index (χ2n) is 7.44. The highest BCUT2D eigenvalue weighted by molar-refractivity contribution is 6.02. The molecule has 0 aliphatic carbocycles. The summed E-state index contributed by atoms with van der Waals surface area (Å²) in [6.45, 7) is 0.443. The average molecular weight is 423 g/mol. The summed E-state index contributed by atoms with van der Waals surface area (Å²) < 4.78 is 13.3. The summed E-state index contributed by atoms with van der Waals surface area (Å²) >= 11 is 0. The molecule has 8 nitrogen and oxygen atoms in total. The van der Waals surface area contributed by atoms with Gasteiger partial charge in [-0.3, -0.25) is 19.5 Å². The molecule has 9 heteroatoms. The van der Waals surface area contributed by atoms with Crippen LogP contribution in [-0.4, -0.2) is 59.3 Å². The van der Waals surface area contributed by atoms with E-state index >= 15 is 0 Å². The van der Waals surface area contributed by atoms with Gasteiger partial charge in [-0.1, -0.05) is 18.2 Å². The Morgan fingerprint density at radius 1 is 1.23 bits per heavy atom. The SMILES string of the molecule is CN1C(=O)N[C@@H](c2ccc(F)cc2)C2=C1CN(CC(=O)NCCc1ccccn1)C2=O. The molecule has 0 unspecified atom stereocenters. The molecule has 1 aromatic heterocycles. The van der Waals surface area contributed by atoms with E-state index in [2.05, 4.69) is 15.6 Å². The third-order valence-electron chi connectivity index (χ3n) is 5.40. The lowest BCUT2D eigenvalue weighted by molar-refractivity contribution is -0.131. The topological polar surface area (TPSA) is 94.6 Å². The van der Waals surface area contributed by atoms with Crippen LogP contribution in [0.15, 0.2) is 59.9 Å². The molecule has 2 aromatic rings. The van der Waals surface area contributed by atoms with Crippen molar-refractivity contribution >= 4 is 17.8 Å². The molecule has 160 valence electrons. The Bertz CT molecular complexity index is 1040. The molecule has 2 aliphatic heterocycles. The smallest absolute Gasteiger partial charge is 0.322 e. The third-order valence-corrected chi connectivity index (χ3v) is 5.40. The quantitative estimate of drug-likeness (QED) is 0.734. The Labute approximate surface area is 178 Å². The summed E-state index contributed by atoms with van der Waals surface area (Å²) in [4.78, 5) is 44.9. The first-order chi connectivity index (χ1) is 14.9. The van der Waals surface area contributed by atoms with Gasteiger partial charge in [-0.15, -0.1) is 0 Å². The van der Waals surface area contributed by atoms with Crippen LogP contribution in [0.25, 0.3) is 0 Å². The standard InChI is InChI=1S/C22H22FN5O3/c1-27-17-12-28(13-18(29)25-11-9-16-4-2-3-10-24-16)21(30)19(17)20(26-22(27)31)14-5-7-15(23)8-6-14/h2-8,10,20H,9,11-13H2,1H3,(H,25,29)(H,26,31)/t20-/m0/s1. The van der Waals surface area contributed by atoms with E-state index in [0.717, 1.165) is 5.69 Å². The van der Waals surface area contributed by atoms with Gasteiger partial charge in [0.25, 0.3) is 5.91 Å². The number of amides is 4. The van der Waals surface area contributed by atoms with Crippen molar-refractivity contribution in [1.82, 2.24) is 25.4 Å². The fourth-order valence-corrected chi connectivity index (χ4v) is 3.76. The number of pyridine rings is 1. The fourth-order valence-electron chi connectivity index (χ4n) is 3.76. The highest BCUT2D eigenvalue weighted by Gasteiger charge is 2.43. The van der Waals surface area contributed by atoms with Crippen molar-refractivity contribution in [2.45, 2.75) is 12.5 Å². The number of carbonyl (C=O) groups excluding carboxylic acids is 3. The largest absolute Gasteiger partial charge is 0.354 e. The van der Waals surface area contributed by atoms with Gasteiger partial charge in [0.2, 0.25) is 5.91 Å². The van der Waals surface area contributed by atoms with Crippen molar-refractivity contribution < 1.29 is 18.8 Å². The molecule has 2 aliphatic rings. The van der Waals surface area contributed by atoms with Crippen molar-refractivity contribution in [3.63, 3.8) is 0 Å². The number of hydrogen-bond donors (Lipinski definition) is 2. The Hall–Kier alpha value is -3.75. The van der Waals surface area contributed by atoms with Gasteiger partial charge in [0.1, 0.15) is 12.4 Å². The lowest BCUT2D eigenvalue weighted by atomic mass is 9.96. The summed E-state index contributed by atoms with van der Waals surface area (Å²) in [5, 5.41) is 5.58. The molecular formula is C22H22FN5O3. The van der Waals surface area contributed by atoms with Gasteiger partial charge in [0.05, 0.1) is 23.9 Å². The van der Waals surface area contributed by atoms with E-state index in [9.17, 15) is 18.8 Å². The zero-order valence-corrected chi connectivity index (χ0v) is 17.0. The van der Waals surface area contributed by atoms with Crippen LogP contribution in [0.1, 0.15) is 17.3 Å². The van der Waals surface area contributed by atoms with Gasteiger partial charge in [0.15, 0.2) is 0 Å². The molecule has 0 bridgehead atoms. The number of benzene rings is 1. The predicted molar refractivity (Wildman–Crippen MR) is 110 cm³/mol. The van der Waals surface area contributed by atoms with E-state index in [4.69, 9.17) is 0 Å². The molecule has 31 heavy (non-hydrogen) atoms. The lowest BCUT2D eigenvalue weighted by Crippen LogP contribution is -2.45. The van der Waals surface area contributed by atoms with E-state index in [-0.39, 0.29) is 30.9 Å². The molecular weight excluding hydrogens is 401 g/mol. The highest BCUT2D eigenvalue weighted by Crippen LogP contribution is 2.35. The minimum Gasteiger partial charge on any atom is -0.354 e. The first kappa shape index (κ1) is 20.5. The van der Waals surface area contributed by atoms with Gasteiger partial charge in [0, 0.05) is 31.9 Å². The number of likely N-dealkylation sites (N-methyl/N-ethyl adjacent to an activating group) is 1. The molecule has 0 saturated carbocycles. The van der Waals surface area contributed by atoms with Crippen molar-refractivity contribution in [1.29, 1.82) is 0 Å². The summed E-state index contributed by atoms with van der Waals surface area (Å²) in [5.74, 6) is -1.01. The monoisotopic (exact) mass is 423 g/mol. The van der Waals surface area contributed by atoms with Gasteiger partial charge in [-0.25, -0.2) is 9.18 Å². The van der Waals surface area contributed by atoms with Crippen LogP contribution in [0.5, 0.6) is 0 Å². The summed E-state index contributed by atoms with van der Waals surface area (Å²) in [5.41, 5.74) is 2.41. The van der Waals surface area contributed by atoms with E-state index < -0.39 is 11.9 Å². The van der Waals surface area contributed by atoms with Crippen LogP contribution in [-0.2, 0) is 16.0 Å². The maximum Gasteiger partial charge on any atom is 0.322 e. The number of hydrogen-bond acceptors (Lipinski definition) is 4. The molecule has 1 atom stereocenters. The van der Waals surface area contributed by atoms with Crippen LogP contribution in [0, 0.1) is 5.82 Å². The molecule has 0 radical (unpaired) electrons. The molecule has 0 saturated heterocycles. The second-order valence-corrected chi connectivity index (χ2v) is 7.44. The zero-order chi connectivity index (χ0) is 22.0. The first-order valence-corrected chi connectivity index (χ1v) is 9.92. The normalized spacial score (nSPS) is 18.2. The molecule has 3 heterocycles. The van der Waals surface area contributed by atoms with Gasteiger partial charge < -0.3 is 15.5 Å². The number of halogens is 1. The minimum absolute atomic E-state index is 0.119.